The first-order valence-electron chi connectivity index (χ1n) is 6.92. The van der Waals surface area contributed by atoms with Gasteiger partial charge in [-0.1, -0.05) is 48.2 Å². The van der Waals surface area contributed by atoms with Gasteiger partial charge in [-0.3, -0.25) is 9.89 Å². The molecular formula is C16H19N3O2S. The second kappa shape index (κ2) is 7.26. The van der Waals surface area contributed by atoms with Crippen molar-refractivity contribution in [3.05, 3.63) is 41.7 Å². The molecule has 1 aromatic carbocycles. The lowest BCUT2D eigenvalue weighted by molar-refractivity contribution is -0.151. The van der Waals surface area contributed by atoms with Crippen LogP contribution in [0.15, 0.2) is 35.5 Å². The number of carbonyl (C=O) groups excluding carboxylic acids is 1. The Morgan fingerprint density at radius 1 is 1.27 bits per heavy atom. The Labute approximate surface area is 134 Å². The Bertz CT molecular complexity index is 645. The third-order valence-corrected chi connectivity index (χ3v) is 3.28. The molecule has 0 atom stereocenters. The molecule has 116 valence electrons. The van der Waals surface area contributed by atoms with Crippen molar-refractivity contribution in [1.82, 2.24) is 15.2 Å². The summed E-state index contributed by atoms with van der Waals surface area (Å²) in [7, 11) is 0. The minimum Gasteiger partial charge on any atom is -0.459 e. The highest BCUT2D eigenvalue weighted by Gasteiger charge is 2.16. The zero-order chi connectivity index (χ0) is 16.0. The van der Waals surface area contributed by atoms with Gasteiger partial charge in [0.1, 0.15) is 11.4 Å². The minimum atomic E-state index is -0.472. The maximum Gasteiger partial charge on any atom is 0.316 e. The van der Waals surface area contributed by atoms with Crippen molar-refractivity contribution in [2.75, 3.05) is 5.75 Å². The van der Waals surface area contributed by atoms with Crippen LogP contribution in [0.1, 0.15) is 32.2 Å². The number of hydrogen-bond acceptors (Lipinski definition) is 5. The lowest BCUT2D eigenvalue weighted by Gasteiger charge is -2.18. The molecule has 0 spiro atoms. The van der Waals surface area contributed by atoms with Crippen LogP contribution in [0.5, 0.6) is 0 Å². The Hall–Kier alpha value is -2.08. The number of thioether (sulfide) groups is 1. The van der Waals surface area contributed by atoms with Crippen LogP contribution in [0.2, 0.25) is 0 Å². The summed E-state index contributed by atoms with van der Waals surface area (Å²) < 4.78 is 5.23. The maximum absolute atomic E-state index is 11.6. The Balaban J connectivity index is 1.87. The largest absolute Gasteiger partial charge is 0.459 e. The van der Waals surface area contributed by atoms with Gasteiger partial charge in [0.25, 0.3) is 0 Å². The molecule has 0 bridgehead atoms. The van der Waals surface area contributed by atoms with Gasteiger partial charge < -0.3 is 4.74 Å². The van der Waals surface area contributed by atoms with Crippen molar-refractivity contribution in [1.29, 1.82) is 0 Å². The summed E-state index contributed by atoms with van der Waals surface area (Å²) in [5.74, 6) is 0.566. The van der Waals surface area contributed by atoms with Crippen LogP contribution < -0.4 is 0 Å². The highest BCUT2D eigenvalue weighted by molar-refractivity contribution is 7.99. The van der Waals surface area contributed by atoms with E-state index in [1.54, 1.807) is 0 Å². The molecular weight excluding hydrogens is 298 g/mol. The summed E-state index contributed by atoms with van der Waals surface area (Å²) in [4.78, 5) is 15.9. The number of nitrogens with one attached hydrogen (secondary N) is 1. The van der Waals surface area contributed by atoms with Gasteiger partial charge >= 0.3 is 5.97 Å². The number of benzene rings is 1. The Morgan fingerprint density at radius 2 is 2.00 bits per heavy atom. The molecule has 2 aromatic rings. The van der Waals surface area contributed by atoms with Crippen molar-refractivity contribution >= 4 is 29.9 Å². The highest BCUT2D eigenvalue weighted by atomic mass is 32.2. The first-order valence-corrected chi connectivity index (χ1v) is 7.91. The molecule has 0 unspecified atom stereocenters. The third-order valence-electron chi connectivity index (χ3n) is 2.45. The van der Waals surface area contributed by atoms with Crippen molar-refractivity contribution < 1.29 is 9.53 Å². The first-order chi connectivity index (χ1) is 10.4. The molecule has 0 fully saturated rings. The van der Waals surface area contributed by atoms with Crippen LogP contribution in [0.3, 0.4) is 0 Å². The van der Waals surface area contributed by atoms with Gasteiger partial charge in [0.05, 0.1) is 5.75 Å². The number of aromatic amines is 1. The van der Waals surface area contributed by atoms with Gasteiger partial charge in [0, 0.05) is 0 Å². The van der Waals surface area contributed by atoms with Crippen LogP contribution in [-0.4, -0.2) is 32.5 Å². The molecule has 0 saturated carbocycles. The van der Waals surface area contributed by atoms with Gasteiger partial charge in [-0.2, -0.15) is 0 Å². The quantitative estimate of drug-likeness (QED) is 0.676. The number of carbonyl (C=O) groups is 1. The molecule has 0 aliphatic carbocycles. The first kappa shape index (κ1) is 16.3. The predicted molar refractivity (Wildman–Crippen MR) is 88.3 cm³/mol. The van der Waals surface area contributed by atoms with E-state index in [9.17, 15) is 4.79 Å². The van der Waals surface area contributed by atoms with Crippen molar-refractivity contribution in [2.24, 2.45) is 0 Å². The fourth-order valence-corrected chi connectivity index (χ4v) is 2.21. The number of rotatable bonds is 5. The number of ether oxygens (including phenoxy) is 1. The molecule has 0 amide bonds. The fourth-order valence-electron chi connectivity index (χ4n) is 1.63. The standard InChI is InChI=1S/C16H19N3O2S/c1-16(2,3)21-14(20)11-22-15-17-13(18-19-15)10-9-12-7-5-4-6-8-12/h4-10H,11H2,1-3H3,(H,17,18,19)/b10-9+. The molecule has 2 rings (SSSR count). The SMILES string of the molecule is CC(C)(C)OC(=O)CSc1n[nH]c(/C=C/c2ccccc2)n1. The average molecular weight is 317 g/mol. The van der Waals surface area contributed by atoms with Crippen molar-refractivity contribution in [3.63, 3.8) is 0 Å². The number of aromatic nitrogens is 3. The zero-order valence-electron chi connectivity index (χ0n) is 12.9. The van der Waals surface area contributed by atoms with Gasteiger partial charge in [0.2, 0.25) is 5.16 Å². The molecule has 0 aliphatic heterocycles. The van der Waals surface area contributed by atoms with Crippen LogP contribution in [0, 0.1) is 0 Å². The molecule has 0 aliphatic rings. The van der Waals surface area contributed by atoms with Gasteiger partial charge in [-0.25, -0.2) is 4.98 Å². The van der Waals surface area contributed by atoms with Crippen LogP contribution in [0.4, 0.5) is 0 Å². The topological polar surface area (TPSA) is 67.9 Å². The Morgan fingerprint density at radius 3 is 2.68 bits per heavy atom. The van der Waals surface area contributed by atoms with E-state index in [1.165, 1.54) is 11.8 Å². The second-order valence-electron chi connectivity index (χ2n) is 5.62. The van der Waals surface area contributed by atoms with Crippen molar-refractivity contribution in [3.8, 4) is 0 Å². The van der Waals surface area contributed by atoms with Crippen molar-refractivity contribution in [2.45, 2.75) is 31.5 Å². The van der Waals surface area contributed by atoms with E-state index in [0.29, 0.717) is 11.0 Å². The molecule has 0 radical (unpaired) electrons. The summed E-state index contributed by atoms with van der Waals surface area (Å²) in [6, 6.07) is 9.93. The van der Waals surface area contributed by atoms with E-state index in [1.807, 2.05) is 63.3 Å². The second-order valence-corrected chi connectivity index (χ2v) is 6.56. The van der Waals surface area contributed by atoms with E-state index in [0.717, 1.165) is 5.56 Å². The molecule has 6 heteroatoms. The average Bonchev–Trinajstić information content (AvgIpc) is 2.90. The lowest BCUT2D eigenvalue weighted by Crippen LogP contribution is -2.24. The monoisotopic (exact) mass is 317 g/mol. The van der Waals surface area contributed by atoms with E-state index >= 15 is 0 Å². The number of esters is 1. The molecule has 22 heavy (non-hydrogen) atoms. The normalized spacial score (nSPS) is 11.8. The molecule has 1 N–H and O–H groups in total. The van der Waals surface area contributed by atoms with E-state index in [4.69, 9.17) is 4.74 Å². The van der Waals surface area contributed by atoms with E-state index < -0.39 is 5.60 Å². The lowest BCUT2D eigenvalue weighted by atomic mass is 10.2. The van der Waals surface area contributed by atoms with Gasteiger partial charge in [-0.15, -0.1) is 5.10 Å². The zero-order valence-corrected chi connectivity index (χ0v) is 13.7. The Kier molecular flexibility index (Phi) is 5.38. The third kappa shape index (κ3) is 5.73. The summed E-state index contributed by atoms with van der Waals surface area (Å²) >= 11 is 1.25. The molecule has 1 aromatic heterocycles. The smallest absolute Gasteiger partial charge is 0.316 e. The highest BCUT2D eigenvalue weighted by Crippen LogP contribution is 2.16. The summed E-state index contributed by atoms with van der Waals surface area (Å²) in [5.41, 5.74) is 0.613. The summed E-state index contributed by atoms with van der Waals surface area (Å²) in [6.07, 6.45) is 3.79. The number of hydrogen-bond donors (Lipinski definition) is 1. The van der Waals surface area contributed by atoms with Gasteiger partial charge in [0.15, 0.2) is 0 Å². The fraction of sp³-hybridized carbons (Fsp3) is 0.312. The van der Waals surface area contributed by atoms with E-state index in [2.05, 4.69) is 15.2 Å². The summed E-state index contributed by atoms with van der Waals surface area (Å²) in [6.45, 7) is 5.53. The number of nitrogens with zero attached hydrogens (tertiary/aromatic N) is 2. The van der Waals surface area contributed by atoms with Crippen LogP contribution >= 0.6 is 11.8 Å². The van der Waals surface area contributed by atoms with E-state index in [-0.39, 0.29) is 11.7 Å². The van der Waals surface area contributed by atoms with Crippen LogP contribution in [0.25, 0.3) is 12.2 Å². The van der Waals surface area contributed by atoms with Gasteiger partial charge in [-0.05, 0) is 32.4 Å². The molecule has 0 saturated heterocycles. The minimum absolute atomic E-state index is 0.191. The number of H-pyrrole nitrogens is 1. The molecule has 1 heterocycles. The maximum atomic E-state index is 11.6. The molecule has 5 nitrogen and oxygen atoms in total. The summed E-state index contributed by atoms with van der Waals surface area (Å²) in [5, 5.41) is 7.42. The predicted octanol–water partition coefficient (Wildman–Crippen LogP) is 3.41. The van der Waals surface area contributed by atoms with Crippen LogP contribution in [-0.2, 0) is 9.53 Å².